The summed E-state index contributed by atoms with van der Waals surface area (Å²) >= 11 is 7.24. The van der Waals surface area contributed by atoms with E-state index in [4.69, 9.17) is 11.6 Å². The minimum Gasteiger partial charge on any atom is -0.324 e. The molecule has 0 fully saturated rings. The maximum absolute atomic E-state index is 13.0. The van der Waals surface area contributed by atoms with Gasteiger partial charge in [0, 0.05) is 16.1 Å². The standard InChI is InChI=1S/C25H22ClF3N2O2S/c1-3-22(24(33)31-21-13-17(25(27,28)29)11-12-20(21)26)34-19-6-4-5-18(14-19)30-23(32)16-9-7-15(2)8-10-16/h4-14,22H,3H2,1-2H3,(H,30,32)(H,31,33). The summed E-state index contributed by atoms with van der Waals surface area (Å²) in [6.07, 6.45) is -4.13. The average molecular weight is 507 g/mol. The maximum Gasteiger partial charge on any atom is 0.416 e. The van der Waals surface area contributed by atoms with E-state index in [1.54, 1.807) is 43.3 Å². The molecule has 0 aromatic heterocycles. The van der Waals surface area contributed by atoms with E-state index in [-0.39, 0.29) is 16.6 Å². The minimum absolute atomic E-state index is 0.0158. The lowest BCUT2D eigenvalue weighted by Crippen LogP contribution is -2.25. The smallest absolute Gasteiger partial charge is 0.324 e. The number of hydrogen-bond acceptors (Lipinski definition) is 3. The van der Waals surface area contributed by atoms with Gasteiger partial charge in [-0.05, 0) is 61.9 Å². The molecular formula is C25H22ClF3N2O2S. The molecule has 0 radical (unpaired) electrons. The fourth-order valence-corrected chi connectivity index (χ4v) is 4.23. The van der Waals surface area contributed by atoms with Crippen LogP contribution in [0.5, 0.6) is 0 Å². The molecule has 178 valence electrons. The Bertz CT molecular complexity index is 1180. The van der Waals surface area contributed by atoms with Crippen LogP contribution in [0.15, 0.2) is 71.6 Å². The Morgan fingerprint density at radius 2 is 1.71 bits per heavy atom. The molecule has 2 N–H and O–H groups in total. The van der Waals surface area contributed by atoms with Crippen molar-refractivity contribution >= 4 is 46.6 Å². The highest BCUT2D eigenvalue weighted by Crippen LogP contribution is 2.35. The quantitative estimate of drug-likeness (QED) is 0.328. The van der Waals surface area contributed by atoms with Gasteiger partial charge >= 0.3 is 6.18 Å². The third-order valence-electron chi connectivity index (χ3n) is 4.90. The monoisotopic (exact) mass is 506 g/mol. The second-order valence-electron chi connectivity index (χ2n) is 7.54. The van der Waals surface area contributed by atoms with Crippen molar-refractivity contribution in [2.45, 2.75) is 36.6 Å². The second kappa shape index (κ2) is 11.0. The highest BCUT2D eigenvalue weighted by Gasteiger charge is 2.31. The number of amides is 2. The topological polar surface area (TPSA) is 58.2 Å². The summed E-state index contributed by atoms with van der Waals surface area (Å²) in [6.45, 7) is 3.73. The van der Waals surface area contributed by atoms with Crippen LogP contribution in [0.2, 0.25) is 5.02 Å². The Morgan fingerprint density at radius 3 is 2.35 bits per heavy atom. The van der Waals surface area contributed by atoms with Gasteiger partial charge < -0.3 is 10.6 Å². The van der Waals surface area contributed by atoms with Crippen LogP contribution in [-0.4, -0.2) is 17.1 Å². The van der Waals surface area contributed by atoms with Gasteiger partial charge in [-0.25, -0.2) is 0 Å². The van der Waals surface area contributed by atoms with E-state index in [0.717, 1.165) is 28.7 Å². The van der Waals surface area contributed by atoms with Gasteiger partial charge in [-0.3, -0.25) is 9.59 Å². The van der Waals surface area contributed by atoms with Gasteiger partial charge in [-0.2, -0.15) is 13.2 Å². The molecule has 0 saturated heterocycles. The van der Waals surface area contributed by atoms with E-state index >= 15 is 0 Å². The van der Waals surface area contributed by atoms with Crippen LogP contribution >= 0.6 is 23.4 Å². The largest absolute Gasteiger partial charge is 0.416 e. The Balaban J connectivity index is 1.70. The predicted octanol–water partition coefficient (Wildman–Crippen LogP) is 7.43. The van der Waals surface area contributed by atoms with Crippen LogP contribution in [0, 0.1) is 6.92 Å². The Morgan fingerprint density at radius 1 is 1.00 bits per heavy atom. The lowest BCUT2D eigenvalue weighted by molar-refractivity contribution is -0.137. The number of nitrogens with one attached hydrogen (secondary N) is 2. The van der Waals surface area contributed by atoms with Crippen molar-refractivity contribution in [2.75, 3.05) is 10.6 Å². The number of anilines is 2. The third kappa shape index (κ3) is 6.77. The van der Waals surface area contributed by atoms with E-state index in [1.807, 2.05) is 19.1 Å². The molecule has 3 rings (SSSR count). The Hall–Kier alpha value is -2.97. The van der Waals surface area contributed by atoms with Crippen molar-refractivity contribution in [2.24, 2.45) is 0 Å². The fraction of sp³-hybridized carbons (Fsp3) is 0.200. The molecule has 1 atom stereocenters. The van der Waals surface area contributed by atoms with Gasteiger partial charge in [-0.1, -0.05) is 42.3 Å². The van der Waals surface area contributed by atoms with Gasteiger partial charge in [0.1, 0.15) is 0 Å². The fourth-order valence-electron chi connectivity index (χ4n) is 3.05. The number of carbonyl (C=O) groups is 2. The number of alkyl halides is 3. The Kier molecular flexibility index (Phi) is 8.28. The lowest BCUT2D eigenvalue weighted by Gasteiger charge is -2.17. The number of hydrogen-bond donors (Lipinski definition) is 2. The Labute approximate surface area is 204 Å². The normalized spacial score (nSPS) is 12.2. The van der Waals surface area contributed by atoms with E-state index in [2.05, 4.69) is 10.6 Å². The molecular weight excluding hydrogens is 485 g/mol. The van der Waals surface area contributed by atoms with Crippen LogP contribution < -0.4 is 10.6 Å². The van der Waals surface area contributed by atoms with Crippen LogP contribution in [0.25, 0.3) is 0 Å². The van der Waals surface area contributed by atoms with Crippen LogP contribution in [0.4, 0.5) is 24.5 Å². The summed E-state index contributed by atoms with van der Waals surface area (Å²) < 4.78 is 39.0. The number of halogens is 4. The molecule has 4 nitrogen and oxygen atoms in total. The van der Waals surface area contributed by atoms with E-state index in [0.29, 0.717) is 17.7 Å². The molecule has 34 heavy (non-hydrogen) atoms. The van der Waals surface area contributed by atoms with E-state index < -0.39 is 22.9 Å². The molecule has 0 aliphatic rings. The van der Waals surface area contributed by atoms with Gasteiger partial charge in [0.05, 0.1) is 21.5 Å². The molecule has 1 unspecified atom stereocenters. The van der Waals surface area contributed by atoms with Crippen molar-refractivity contribution in [3.8, 4) is 0 Å². The van der Waals surface area contributed by atoms with Gasteiger partial charge in [0.15, 0.2) is 0 Å². The number of aryl methyl sites for hydroxylation is 1. The molecule has 0 saturated carbocycles. The average Bonchev–Trinajstić information content (AvgIpc) is 2.78. The number of benzene rings is 3. The molecule has 3 aromatic carbocycles. The van der Waals surface area contributed by atoms with E-state index in [9.17, 15) is 22.8 Å². The molecule has 0 spiro atoms. The number of rotatable bonds is 7. The summed E-state index contributed by atoms with van der Waals surface area (Å²) in [5, 5.41) is 4.76. The summed E-state index contributed by atoms with van der Waals surface area (Å²) in [5.74, 6) is -0.728. The zero-order valence-electron chi connectivity index (χ0n) is 18.4. The van der Waals surface area contributed by atoms with Gasteiger partial charge in [-0.15, -0.1) is 11.8 Å². The lowest BCUT2D eigenvalue weighted by atomic mass is 10.1. The highest BCUT2D eigenvalue weighted by molar-refractivity contribution is 8.00. The first-order chi connectivity index (χ1) is 16.1. The zero-order valence-corrected chi connectivity index (χ0v) is 19.9. The summed E-state index contributed by atoms with van der Waals surface area (Å²) in [5.41, 5.74) is 1.13. The summed E-state index contributed by atoms with van der Waals surface area (Å²) in [4.78, 5) is 26.0. The van der Waals surface area contributed by atoms with Crippen LogP contribution in [0.3, 0.4) is 0 Å². The van der Waals surface area contributed by atoms with Crippen molar-refractivity contribution in [3.63, 3.8) is 0 Å². The van der Waals surface area contributed by atoms with Crippen molar-refractivity contribution in [3.05, 3.63) is 88.4 Å². The highest BCUT2D eigenvalue weighted by atomic mass is 35.5. The summed E-state index contributed by atoms with van der Waals surface area (Å²) in [7, 11) is 0. The number of carbonyl (C=O) groups excluding carboxylic acids is 2. The molecule has 0 bridgehead atoms. The van der Waals surface area contributed by atoms with Crippen molar-refractivity contribution < 1.29 is 22.8 Å². The summed E-state index contributed by atoms with van der Waals surface area (Å²) in [6, 6.07) is 17.0. The van der Waals surface area contributed by atoms with E-state index in [1.165, 1.54) is 11.8 Å². The molecule has 9 heteroatoms. The first kappa shape index (κ1) is 25.6. The molecule has 0 aliphatic carbocycles. The molecule has 0 heterocycles. The first-order valence-corrected chi connectivity index (χ1v) is 11.6. The first-order valence-electron chi connectivity index (χ1n) is 10.4. The third-order valence-corrected chi connectivity index (χ3v) is 6.59. The SMILES string of the molecule is CCC(Sc1cccc(NC(=O)c2ccc(C)cc2)c1)C(=O)Nc1cc(C(F)(F)F)ccc1Cl. The maximum atomic E-state index is 13.0. The van der Waals surface area contributed by atoms with Crippen LogP contribution in [-0.2, 0) is 11.0 Å². The molecule has 2 amide bonds. The predicted molar refractivity (Wildman–Crippen MR) is 131 cm³/mol. The van der Waals surface area contributed by atoms with Crippen LogP contribution in [0.1, 0.15) is 34.8 Å². The minimum atomic E-state index is -4.55. The van der Waals surface area contributed by atoms with Gasteiger partial charge in [0.25, 0.3) is 5.91 Å². The zero-order chi connectivity index (χ0) is 24.9. The second-order valence-corrected chi connectivity index (χ2v) is 9.23. The molecule has 0 aliphatic heterocycles. The molecule has 3 aromatic rings. The van der Waals surface area contributed by atoms with Gasteiger partial charge in [0.2, 0.25) is 5.91 Å². The number of thioether (sulfide) groups is 1. The van der Waals surface area contributed by atoms with Crippen molar-refractivity contribution in [1.29, 1.82) is 0 Å². The van der Waals surface area contributed by atoms with Crippen molar-refractivity contribution in [1.82, 2.24) is 0 Å².